The molecule has 1 amide bonds. The number of thioether (sulfide) groups is 1. The Hall–Kier alpha value is -2.77. The van der Waals surface area contributed by atoms with Crippen molar-refractivity contribution in [1.29, 1.82) is 0 Å². The Morgan fingerprint density at radius 3 is 2.73 bits per heavy atom. The van der Waals surface area contributed by atoms with Crippen molar-refractivity contribution >= 4 is 29.3 Å². The largest absolute Gasteiger partial charge is 0.496 e. The van der Waals surface area contributed by atoms with Crippen LogP contribution >= 0.6 is 23.4 Å². The second-order valence-electron chi connectivity index (χ2n) is 6.42. The number of carbonyl (C=O) groups is 1. The van der Waals surface area contributed by atoms with Gasteiger partial charge >= 0.3 is 0 Å². The Kier molecular flexibility index (Phi) is 7.93. The zero-order valence-corrected chi connectivity index (χ0v) is 18.2. The predicted molar refractivity (Wildman–Crippen MR) is 121 cm³/mol. The molecule has 0 aliphatic heterocycles. The van der Waals surface area contributed by atoms with Crippen molar-refractivity contribution in [3.8, 4) is 17.1 Å². The lowest BCUT2D eigenvalue weighted by molar-refractivity contribution is -0.118. The molecule has 1 N–H and O–H groups in total. The average Bonchev–Trinajstić information content (AvgIpc) is 3.16. The number of aromatic nitrogens is 3. The van der Waals surface area contributed by atoms with Crippen molar-refractivity contribution < 1.29 is 9.53 Å². The Balaban J connectivity index is 1.60. The number of rotatable bonds is 10. The molecule has 2 aromatic carbocycles. The van der Waals surface area contributed by atoms with E-state index in [-0.39, 0.29) is 11.7 Å². The highest BCUT2D eigenvalue weighted by Gasteiger charge is 2.17. The normalized spacial score (nSPS) is 10.6. The number of hydrogen-bond acceptors (Lipinski definition) is 5. The fourth-order valence-corrected chi connectivity index (χ4v) is 3.80. The SMILES string of the molecule is C=CCn1c(SCC(=O)NCCc2ccc(Cl)cc2)nnc1-c1ccccc1OC. The van der Waals surface area contributed by atoms with Gasteiger partial charge in [0.25, 0.3) is 0 Å². The summed E-state index contributed by atoms with van der Waals surface area (Å²) in [6.45, 7) is 4.91. The summed E-state index contributed by atoms with van der Waals surface area (Å²) >= 11 is 7.23. The van der Waals surface area contributed by atoms with E-state index in [9.17, 15) is 4.79 Å². The van der Waals surface area contributed by atoms with Gasteiger partial charge in [0, 0.05) is 18.1 Å². The minimum atomic E-state index is -0.0547. The second-order valence-corrected chi connectivity index (χ2v) is 7.80. The summed E-state index contributed by atoms with van der Waals surface area (Å²) in [5, 5.41) is 12.9. The van der Waals surface area contributed by atoms with Crippen molar-refractivity contribution in [1.82, 2.24) is 20.1 Å². The predicted octanol–water partition coefficient (Wildman–Crippen LogP) is 4.24. The van der Waals surface area contributed by atoms with Crippen LogP contribution in [-0.2, 0) is 17.8 Å². The minimum Gasteiger partial charge on any atom is -0.496 e. The van der Waals surface area contributed by atoms with E-state index >= 15 is 0 Å². The van der Waals surface area contributed by atoms with E-state index in [1.165, 1.54) is 11.8 Å². The Bertz CT molecular complexity index is 1000. The molecule has 6 nitrogen and oxygen atoms in total. The number of halogens is 1. The lowest BCUT2D eigenvalue weighted by Crippen LogP contribution is -2.27. The van der Waals surface area contributed by atoms with Gasteiger partial charge in [-0.3, -0.25) is 9.36 Å². The van der Waals surface area contributed by atoms with Crippen LogP contribution in [0.5, 0.6) is 5.75 Å². The highest BCUT2D eigenvalue weighted by molar-refractivity contribution is 7.99. The molecule has 0 fully saturated rings. The van der Waals surface area contributed by atoms with Crippen LogP contribution < -0.4 is 10.1 Å². The van der Waals surface area contributed by atoms with E-state index in [1.807, 2.05) is 53.1 Å². The minimum absolute atomic E-state index is 0.0547. The molecule has 1 aromatic heterocycles. The van der Waals surface area contributed by atoms with Crippen LogP contribution in [0.3, 0.4) is 0 Å². The number of nitrogens with one attached hydrogen (secondary N) is 1. The van der Waals surface area contributed by atoms with E-state index < -0.39 is 0 Å². The molecule has 0 atom stereocenters. The van der Waals surface area contributed by atoms with E-state index in [4.69, 9.17) is 16.3 Å². The molecule has 0 radical (unpaired) electrons. The van der Waals surface area contributed by atoms with Crippen molar-refractivity contribution in [3.05, 3.63) is 71.8 Å². The summed E-state index contributed by atoms with van der Waals surface area (Å²) in [5.41, 5.74) is 1.97. The molecule has 0 saturated carbocycles. The summed E-state index contributed by atoms with van der Waals surface area (Å²) in [7, 11) is 1.62. The summed E-state index contributed by atoms with van der Waals surface area (Å²) < 4.78 is 7.37. The Morgan fingerprint density at radius 2 is 2.00 bits per heavy atom. The molecule has 0 aliphatic rings. The maximum Gasteiger partial charge on any atom is 0.230 e. The summed E-state index contributed by atoms with van der Waals surface area (Å²) in [5.74, 6) is 1.59. The van der Waals surface area contributed by atoms with Crippen LogP contribution in [-0.4, -0.2) is 40.1 Å². The zero-order valence-electron chi connectivity index (χ0n) is 16.7. The second kappa shape index (κ2) is 10.8. The van der Waals surface area contributed by atoms with E-state index in [0.717, 1.165) is 17.5 Å². The molecule has 3 rings (SSSR count). The van der Waals surface area contributed by atoms with Gasteiger partial charge in [0.1, 0.15) is 5.75 Å². The van der Waals surface area contributed by atoms with Crippen LogP contribution in [0, 0.1) is 0 Å². The molecular weight excluding hydrogens is 420 g/mol. The van der Waals surface area contributed by atoms with Crippen molar-refractivity contribution in [2.24, 2.45) is 0 Å². The van der Waals surface area contributed by atoms with Crippen LogP contribution in [0.2, 0.25) is 5.02 Å². The van der Waals surface area contributed by atoms with Gasteiger partial charge in [-0.25, -0.2) is 0 Å². The summed E-state index contributed by atoms with van der Waals surface area (Å²) in [6, 6.07) is 15.2. The molecule has 3 aromatic rings. The number of amides is 1. The van der Waals surface area contributed by atoms with Gasteiger partial charge in [-0.15, -0.1) is 16.8 Å². The van der Waals surface area contributed by atoms with E-state index in [2.05, 4.69) is 22.1 Å². The van der Waals surface area contributed by atoms with Crippen LogP contribution in [0.15, 0.2) is 66.3 Å². The van der Waals surface area contributed by atoms with Gasteiger partial charge < -0.3 is 10.1 Å². The monoisotopic (exact) mass is 442 g/mol. The van der Waals surface area contributed by atoms with Crippen molar-refractivity contribution in [2.45, 2.75) is 18.1 Å². The van der Waals surface area contributed by atoms with Crippen molar-refractivity contribution in [2.75, 3.05) is 19.4 Å². The topological polar surface area (TPSA) is 69.0 Å². The van der Waals surface area contributed by atoms with Crippen LogP contribution in [0.1, 0.15) is 5.56 Å². The van der Waals surface area contributed by atoms with Crippen LogP contribution in [0.25, 0.3) is 11.4 Å². The quantitative estimate of drug-likeness (QED) is 0.375. The molecule has 0 bridgehead atoms. The number of hydrogen-bond donors (Lipinski definition) is 1. The first-order chi connectivity index (χ1) is 14.6. The standard InChI is InChI=1S/C22H23ClN4O2S/c1-3-14-27-21(18-6-4-5-7-19(18)29-2)25-26-22(27)30-15-20(28)24-13-12-16-8-10-17(23)11-9-16/h3-11H,1,12-15H2,2H3,(H,24,28). The molecule has 1 heterocycles. The van der Waals surface area contributed by atoms with Gasteiger partial charge in [-0.2, -0.15) is 0 Å². The number of ether oxygens (including phenoxy) is 1. The number of nitrogens with zero attached hydrogens (tertiary/aromatic N) is 3. The molecule has 0 aliphatic carbocycles. The van der Waals surface area contributed by atoms with E-state index in [1.54, 1.807) is 13.2 Å². The van der Waals surface area contributed by atoms with Gasteiger partial charge in [-0.05, 0) is 36.2 Å². The number of allylic oxidation sites excluding steroid dienone is 1. The maximum atomic E-state index is 12.3. The fraction of sp³-hybridized carbons (Fsp3) is 0.227. The molecule has 30 heavy (non-hydrogen) atoms. The number of methoxy groups -OCH3 is 1. The molecule has 0 saturated heterocycles. The molecule has 0 spiro atoms. The lowest BCUT2D eigenvalue weighted by atomic mass is 10.1. The smallest absolute Gasteiger partial charge is 0.230 e. The molecule has 0 unspecified atom stereocenters. The number of para-hydroxylation sites is 1. The van der Waals surface area contributed by atoms with Gasteiger partial charge in [0.05, 0.1) is 18.4 Å². The summed E-state index contributed by atoms with van der Waals surface area (Å²) in [6.07, 6.45) is 2.52. The third-order valence-corrected chi connectivity index (χ3v) is 5.58. The lowest BCUT2D eigenvalue weighted by Gasteiger charge is -2.10. The third-order valence-electron chi connectivity index (χ3n) is 4.36. The van der Waals surface area contributed by atoms with Crippen molar-refractivity contribution in [3.63, 3.8) is 0 Å². The van der Waals surface area contributed by atoms with Gasteiger partial charge in [0.15, 0.2) is 11.0 Å². The van der Waals surface area contributed by atoms with Gasteiger partial charge in [0.2, 0.25) is 5.91 Å². The zero-order chi connectivity index (χ0) is 21.3. The highest BCUT2D eigenvalue weighted by Crippen LogP contribution is 2.30. The number of carbonyl (C=O) groups excluding carboxylic acids is 1. The van der Waals surface area contributed by atoms with Crippen LogP contribution in [0.4, 0.5) is 0 Å². The summed E-state index contributed by atoms with van der Waals surface area (Å²) in [4.78, 5) is 12.3. The first-order valence-corrected chi connectivity index (χ1v) is 10.8. The third kappa shape index (κ3) is 5.64. The first-order valence-electron chi connectivity index (χ1n) is 9.43. The van der Waals surface area contributed by atoms with E-state index in [0.29, 0.717) is 34.8 Å². The Morgan fingerprint density at radius 1 is 1.23 bits per heavy atom. The molecular formula is C22H23ClN4O2S. The number of benzene rings is 2. The maximum absolute atomic E-state index is 12.3. The highest BCUT2D eigenvalue weighted by atomic mass is 35.5. The fourth-order valence-electron chi connectivity index (χ4n) is 2.90. The van der Waals surface area contributed by atoms with Gasteiger partial charge in [-0.1, -0.05) is 53.7 Å². The first kappa shape index (κ1) is 21.9. The Labute approximate surface area is 185 Å². The molecule has 8 heteroatoms. The molecule has 156 valence electrons. The average molecular weight is 443 g/mol.